The topological polar surface area (TPSA) is 122 Å². The molecular formula is C20H21N3O5. The highest BCUT2D eigenvalue weighted by atomic mass is 16.6. The second-order valence-corrected chi connectivity index (χ2v) is 6.96. The zero-order chi connectivity index (χ0) is 20.3. The fourth-order valence-electron chi connectivity index (χ4n) is 3.15. The number of hydrogen-bond acceptors (Lipinski definition) is 5. The van der Waals surface area contributed by atoms with Crippen LogP contribution in [0.5, 0.6) is 0 Å². The van der Waals surface area contributed by atoms with Gasteiger partial charge in [0.1, 0.15) is 5.60 Å². The fraction of sp³-hybridized carbons (Fsp3) is 0.300. The van der Waals surface area contributed by atoms with Crippen molar-refractivity contribution < 1.29 is 19.6 Å². The highest BCUT2D eigenvalue weighted by Gasteiger charge is 2.45. The molecule has 1 unspecified atom stereocenters. The summed E-state index contributed by atoms with van der Waals surface area (Å²) >= 11 is 0. The van der Waals surface area contributed by atoms with Gasteiger partial charge in [0.25, 0.3) is 5.69 Å². The molecule has 3 N–H and O–H groups in total. The van der Waals surface area contributed by atoms with Crippen molar-refractivity contribution in [1.82, 2.24) is 5.32 Å². The third-order valence-corrected chi connectivity index (χ3v) is 4.92. The molecule has 8 nitrogen and oxygen atoms in total. The van der Waals surface area contributed by atoms with Gasteiger partial charge in [-0.25, -0.2) is 0 Å². The van der Waals surface area contributed by atoms with E-state index in [1.807, 2.05) is 18.2 Å². The van der Waals surface area contributed by atoms with Crippen LogP contribution in [0.15, 0.2) is 48.5 Å². The number of carbonyl (C=O) groups excluding carboxylic acids is 2. The van der Waals surface area contributed by atoms with Crippen LogP contribution in [0.3, 0.4) is 0 Å². The number of amides is 2. The summed E-state index contributed by atoms with van der Waals surface area (Å²) in [6, 6.07) is 13.0. The van der Waals surface area contributed by atoms with Gasteiger partial charge in [-0.05, 0) is 42.9 Å². The fourth-order valence-corrected chi connectivity index (χ4v) is 3.15. The second kappa shape index (κ2) is 7.77. The van der Waals surface area contributed by atoms with Crippen LogP contribution in [-0.2, 0) is 15.2 Å². The molecule has 0 heterocycles. The van der Waals surface area contributed by atoms with Crippen molar-refractivity contribution in [1.29, 1.82) is 0 Å². The standard InChI is InChI=1S/C20H21N3O5/c1-13-11-16(23(27)28)9-10-17(13)22-19(25)18(24)21-12-20(26,15-7-8-15)14-5-3-2-4-6-14/h2-6,9-11,15,26H,7-8,12H2,1H3,(H,21,24)(H,22,25). The summed E-state index contributed by atoms with van der Waals surface area (Å²) in [5.74, 6) is -1.74. The van der Waals surface area contributed by atoms with Gasteiger partial charge < -0.3 is 15.7 Å². The minimum absolute atomic E-state index is 0.0372. The van der Waals surface area contributed by atoms with E-state index in [-0.39, 0.29) is 18.2 Å². The number of carbonyl (C=O) groups is 2. The summed E-state index contributed by atoms with van der Waals surface area (Å²) in [7, 11) is 0. The smallest absolute Gasteiger partial charge is 0.313 e. The molecule has 1 saturated carbocycles. The van der Waals surface area contributed by atoms with Gasteiger partial charge in [0.2, 0.25) is 0 Å². The van der Waals surface area contributed by atoms with Crippen LogP contribution in [0, 0.1) is 23.0 Å². The minimum Gasteiger partial charge on any atom is -0.383 e. The predicted octanol–water partition coefficient (Wildman–Crippen LogP) is 2.26. The van der Waals surface area contributed by atoms with Gasteiger partial charge >= 0.3 is 11.8 Å². The van der Waals surface area contributed by atoms with Crippen LogP contribution in [-0.4, -0.2) is 28.4 Å². The van der Waals surface area contributed by atoms with E-state index in [0.717, 1.165) is 12.8 Å². The Labute approximate surface area is 161 Å². The van der Waals surface area contributed by atoms with Crippen LogP contribution in [0.2, 0.25) is 0 Å². The summed E-state index contributed by atoms with van der Waals surface area (Å²) in [4.78, 5) is 34.6. The first-order valence-electron chi connectivity index (χ1n) is 8.93. The van der Waals surface area contributed by atoms with Gasteiger partial charge in [-0.1, -0.05) is 30.3 Å². The molecule has 146 valence electrons. The number of nitrogens with one attached hydrogen (secondary N) is 2. The maximum atomic E-state index is 12.2. The van der Waals surface area contributed by atoms with Crippen molar-refractivity contribution in [3.05, 3.63) is 69.8 Å². The van der Waals surface area contributed by atoms with E-state index in [1.54, 1.807) is 19.1 Å². The first-order chi connectivity index (χ1) is 13.3. The number of rotatable bonds is 6. The van der Waals surface area contributed by atoms with Crippen molar-refractivity contribution >= 4 is 23.2 Å². The molecule has 0 spiro atoms. The summed E-state index contributed by atoms with van der Waals surface area (Å²) in [6.45, 7) is 1.52. The lowest BCUT2D eigenvalue weighted by Gasteiger charge is -2.29. The highest BCUT2D eigenvalue weighted by molar-refractivity contribution is 6.39. The number of aryl methyl sites for hydroxylation is 1. The third kappa shape index (κ3) is 4.17. The molecule has 8 heteroatoms. The summed E-state index contributed by atoms with van der Waals surface area (Å²) in [5, 5.41) is 26.8. The van der Waals surface area contributed by atoms with Gasteiger partial charge in [-0.2, -0.15) is 0 Å². The molecule has 2 aromatic carbocycles. The van der Waals surface area contributed by atoms with E-state index in [4.69, 9.17) is 0 Å². The molecule has 28 heavy (non-hydrogen) atoms. The monoisotopic (exact) mass is 383 g/mol. The molecule has 0 aromatic heterocycles. The number of aliphatic hydroxyl groups is 1. The maximum Gasteiger partial charge on any atom is 0.313 e. The molecule has 0 aliphatic heterocycles. The molecule has 1 atom stereocenters. The zero-order valence-electron chi connectivity index (χ0n) is 15.3. The Bertz CT molecular complexity index is 911. The lowest BCUT2D eigenvalue weighted by molar-refractivity contribution is -0.384. The molecule has 2 amide bonds. The van der Waals surface area contributed by atoms with E-state index < -0.39 is 22.3 Å². The molecule has 3 rings (SSSR count). The second-order valence-electron chi connectivity index (χ2n) is 6.96. The largest absolute Gasteiger partial charge is 0.383 e. The SMILES string of the molecule is Cc1cc([N+](=O)[O-])ccc1NC(=O)C(=O)NCC(O)(c1ccccc1)C1CC1. The number of anilines is 1. The van der Waals surface area contributed by atoms with Gasteiger partial charge in [0.05, 0.1) is 11.5 Å². The number of nitro groups is 1. The van der Waals surface area contributed by atoms with E-state index in [0.29, 0.717) is 16.8 Å². The van der Waals surface area contributed by atoms with Gasteiger partial charge in [-0.15, -0.1) is 0 Å². The average molecular weight is 383 g/mol. The molecule has 0 saturated heterocycles. The van der Waals surface area contributed by atoms with Crippen LogP contribution in [0.1, 0.15) is 24.0 Å². The molecule has 1 aliphatic carbocycles. The highest BCUT2D eigenvalue weighted by Crippen LogP contribution is 2.45. The zero-order valence-corrected chi connectivity index (χ0v) is 15.3. The van der Waals surface area contributed by atoms with Crippen LogP contribution in [0.25, 0.3) is 0 Å². The summed E-state index contributed by atoms with van der Waals surface area (Å²) in [5.41, 5.74) is 0.155. The summed E-state index contributed by atoms with van der Waals surface area (Å²) in [6.07, 6.45) is 1.71. The molecule has 0 bridgehead atoms. The number of nitrogens with zero attached hydrogens (tertiary/aromatic N) is 1. The molecule has 1 fully saturated rings. The van der Waals surface area contributed by atoms with Crippen LogP contribution >= 0.6 is 0 Å². The average Bonchev–Trinajstić information content (AvgIpc) is 3.53. The van der Waals surface area contributed by atoms with E-state index in [2.05, 4.69) is 10.6 Å². The number of hydrogen-bond donors (Lipinski definition) is 3. The quantitative estimate of drug-likeness (QED) is 0.401. The van der Waals surface area contributed by atoms with Crippen LogP contribution in [0.4, 0.5) is 11.4 Å². The van der Waals surface area contributed by atoms with Crippen LogP contribution < -0.4 is 10.6 Å². The van der Waals surface area contributed by atoms with Crippen molar-refractivity contribution in [2.75, 3.05) is 11.9 Å². The third-order valence-electron chi connectivity index (χ3n) is 4.92. The van der Waals surface area contributed by atoms with Crippen molar-refractivity contribution in [3.63, 3.8) is 0 Å². The Morgan fingerprint density at radius 3 is 2.43 bits per heavy atom. The molecular weight excluding hydrogens is 362 g/mol. The van der Waals surface area contributed by atoms with Gasteiger partial charge in [0.15, 0.2) is 0 Å². The number of benzene rings is 2. The summed E-state index contributed by atoms with van der Waals surface area (Å²) < 4.78 is 0. The van der Waals surface area contributed by atoms with Crippen molar-refractivity contribution in [3.8, 4) is 0 Å². The molecule has 2 aromatic rings. The van der Waals surface area contributed by atoms with Crippen molar-refractivity contribution in [2.24, 2.45) is 5.92 Å². The van der Waals surface area contributed by atoms with E-state index in [1.165, 1.54) is 18.2 Å². The van der Waals surface area contributed by atoms with Gasteiger partial charge in [0, 0.05) is 17.8 Å². The predicted molar refractivity (Wildman–Crippen MR) is 103 cm³/mol. The Morgan fingerprint density at radius 1 is 1.18 bits per heavy atom. The normalized spacial score (nSPS) is 15.4. The first-order valence-corrected chi connectivity index (χ1v) is 8.93. The Hall–Kier alpha value is -3.26. The molecule has 0 radical (unpaired) electrons. The van der Waals surface area contributed by atoms with E-state index in [9.17, 15) is 24.8 Å². The van der Waals surface area contributed by atoms with Crippen molar-refractivity contribution in [2.45, 2.75) is 25.4 Å². The first kappa shape index (κ1) is 19.5. The lowest BCUT2D eigenvalue weighted by Crippen LogP contribution is -2.45. The Kier molecular flexibility index (Phi) is 5.41. The Morgan fingerprint density at radius 2 is 1.86 bits per heavy atom. The minimum atomic E-state index is -1.22. The number of nitro benzene ring substituents is 1. The Balaban J connectivity index is 1.64. The lowest BCUT2D eigenvalue weighted by atomic mass is 9.88. The maximum absolute atomic E-state index is 12.2. The number of non-ortho nitro benzene ring substituents is 1. The van der Waals surface area contributed by atoms with Gasteiger partial charge in [-0.3, -0.25) is 19.7 Å². The van der Waals surface area contributed by atoms with E-state index >= 15 is 0 Å². The molecule has 1 aliphatic rings.